The lowest BCUT2D eigenvalue weighted by atomic mass is 9.96. The molecule has 11 nitrogen and oxygen atoms in total. The lowest BCUT2D eigenvalue weighted by Gasteiger charge is -2.26. The molecule has 2 saturated heterocycles. The molecule has 1 saturated carbocycles. The van der Waals surface area contributed by atoms with Gasteiger partial charge in [0.1, 0.15) is 31.0 Å². The van der Waals surface area contributed by atoms with E-state index in [4.69, 9.17) is 28.9 Å². The molecule has 4 rings (SSSR count). The van der Waals surface area contributed by atoms with Crippen molar-refractivity contribution in [2.24, 2.45) is 0 Å². The normalized spacial score (nSPS) is 31.1. The maximum Gasteiger partial charge on any atom is 0.508 e. The minimum absolute atomic E-state index is 0.0124. The fourth-order valence-corrected chi connectivity index (χ4v) is 3.49. The van der Waals surface area contributed by atoms with Crippen molar-refractivity contribution in [1.82, 2.24) is 9.55 Å². The summed E-state index contributed by atoms with van der Waals surface area (Å²) in [5.74, 6) is -0.871. The van der Waals surface area contributed by atoms with E-state index in [1.807, 2.05) is 5.48 Å². The van der Waals surface area contributed by atoms with Crippen molar-refractivity contribution in [3.63, 3.8) is 0 Å². The number of ether oxygens (including phenoxy) is 5. The fraction of sp³-hybridized carbons (Fsp3) is 0.706. The number of hydrogen-bond donors (Lipinski definition) is 2. The summed E-state index contributed by atoms with van der Waals surface area (Å²) in [6, 6.07) is 1.42. The van der Waals surface area contributed by atoms with Crippen LogP contribution >= 0.6 is 0 Å². The highest BCUT2D eigenvalue weighted by atomic mass is 16.8. The second-order valence-corrected chi connectivity index (χ2v) is 7.48. The van der Waals surface area contributed by atoms with E-state index in [2.05, 4.69) is 4.98 Å². The summed E-state index contributed by atoms with van der Waals surface area (Å²) in [5.41, 5.74) is 1.18. The SMILES string of the molecule is CC1(C)O[C@@H]2[C@H](O1)[C@@H](COC(=O)OC1CCC1)O[C@H]2n1ccc(NO)nc1=O. The first-order valence-electron chi connectivity index (χ1n) is 9.20. The Morgan fingerprint density at radius 3 is 2.79 bits per heavy atom. The summed E-state index contributed by atoms with van der Waals surface area (Å²) >= 11 is 0. The van der Waals surface area contributed by atoms with Gasteiger partial charge in [0.15, 0.2) is 17.8 Å². The lowest BCUT2D eigenvalue weighted by molar-refractivity contribution is -0.201. The number of hydrogen-bond acceptors (Lipinski definition) is 10. The standard InChI is InChI=1S/C17H23N3O8/c1-17(2)27-12-10(8-24-16(22)25-9-4-3-5-9)26-14(13(12)28-17)20-7-6-11(19-23)18-15(20)21/h6-7,9-10,12-14,23H,3-5,8H2,1-2H3,(H,18,19,21)/t10-,12-,13-,14-/m1/s1. The molecule has 11 heteroatoms. The van der Waals surface area contributed by atoms with Gasteiger partial charge in [0.05, 0.1) is 0 Å². The number of carbonyl (C=O) groups excluding carboxylic acids is 1. The third-order valence-electron chi connectivity index (χ3n) is 5.02. The van der Waals surface area contributed by atoms with Crippen LogP contribution in [0.3, 0.4) is 0 Å². The smallest absolute Gasteiger partial charge is 0.431 e. The van der Waals surface area contributed by atoms with Crippen LogP contribution in [0.2, 0.25) is 0 Å². The van der Waals surface area contributed by atoms with E-state index in [0.29, 0.717) is 0 Å². The maximum atomic E-state index is 12.3. The van der Waals surface area contributed by atoms with E-state index in [9.17, 15) is 9.59 Å². The molecule has 0 radical (unpaired) electrons. The second kappa shape index (κ2) is 7.32. The van der Waals surface area contributed by atoms with Crippen LogP contribution in [0.15, 0.2) is 17.1 Å². The number of aromatic nitrogens is 2. The first-order valence-corrected chi connectivity index (χ1v) is 9.20. The number of carbonyl (C=O) groups is 1. The molecular formula is C17H23N3O8. The molecule has 0 amide bonds. The highest BCUT2D eigenvalue weighted by molar-refractivity contribution is 5.60. The van der Waals surface area contributed by atoms with Crippen LogP contribution in [-0.4, -0.2) is 57.7 Å². The van der Waals surface area contributed by atoms with Crippen molar-refractivity contribution in [2.75, 3.05) is 12.1 Å². The minimum atomic E-state index is -0.883. The van der Waals surface area contributed by atoms with Gasteiger partial charge in [-0.05, 0) is 39.2 Å². The van der Waals surface area contributed by atoms with Gasteiger partial charge < -0.3 is 23.7 Å². The van der Waals surface area contributed by atoms with Crippen molar-refractivity contribution >= 4 is 12.0 Å². The Kier molecular flexibility index (Phi) is 5.00. The van der Waals surface area contributed by atoms with Crippen LogP contribution < -0.4 is 11.2 Å². The Balaban J connectivity index is 1.47. The highest BCUT2D eigenvalue weighted by Gasteiger charge is 2.56. The number of fused-ring (bicyclic) bond motifs is 1. The molecule has 2 N–H and O–H groups in total. The van der Waals surface area contributed by atoms with Crippen molar-refractivity contribution in [1.29, 1.82) is 0 Å². The number of rotatable bonds is 5. The Morgan fingerprint density at radius 1 is 1.39 bits per heavy atom. The molecule has 0 unspecified atom stereocenters. The fourth-order valence-electron chi connectivity index (χ4n) is 3.49. The van der Waals surface area contributed by atoms with E-state index in [1.165, 1.54) is 16.8 Å². The Hall–Kier alpha value is -2.21. The van der Waals surface area contributed by atoms with Gasteiger partial charge in [0.25, 0.3) is 0 Å². The van der Waals surface area contributed by atoms with Gasteiger partial charge in [-0.3, -0.25) is 15.3 Å². The van der Waals surface area contributed by atoms with Crippen molar-refractivity contribution in [3.05, 3.63) is 22.7 Å². The maximum absolute atomic E-state index is 12.3. The van der Waals surface area contributed by atoms with E-state index >= 15 is 0 Å². The highest BCUT2D eigenvalue weighted by Crippen LogP contribution is 2.42. The third-order valence-corrected chi connectivity index (χ3v) is 5.02. The van der Waals surface area contributed by atoms with E-state index in [-0.39, 0.29) is 18.5 Å². The quantitative estimate of drug-likeness (QED) is 0.551. The van der Waals surface area contributed by atoms with Crippen LogP contribution in [0.4, 0.5) is 10.6 Å². The van der Waals surface area contributed by atoms with Gasteiger partial charge in [0, 0.05) is 6.20 Å². The Bertz CT molecular complexity index is 793. The second-order valence-electron chi connectivity index (χ2n) is 7.48. The first-order chi connectivity index (χ1) is 13.4. The largest absolute Gasteiger partial charge is 0.508 e. The molecule has 3 aliphatic rings. The van der Waals surface area contributed by atoms with E-state index < -0.39 is 42.2 Å². The molecule has 1 aromatic rings. The molecule has 3 fully saturated rings. The zero-order valence-corrected chi connectivity index (χ0v) is 15.6. The summed E-state index contributed by atoms with van der Waals surface area (Å²) in [5, 5.41) is 8.89. The minimum Gasteiger partial charge on any atom is -0.431 e. The van der Waals surface area contributed by atoms with Crippen LogP contribution in [0, 0.1) is 0 Å². The summed E-state index contributed by atoms with van der Waals surface area (Å²) in [6.07, 6.45) is 0.737. The van der Waals surface area contributed by atoms with Crippen LogP contribution in [0.1, 0.15) is 39.3 Å². The molecular weight excluding hydrogens is 374 g/mol. The monoisotopic (exact) mass is 397 g/mol. The molecule has 4 atom stereocenters. The van der Waals surface area contributed by atoms with E-state index in [0.717, 1.165) is 19.3 Å². The number of nitrogens with one attached hydrogen (secondary N) is 1. The molecule has 1 aromatic heterocycles. The van der Waals surface area contributed by atoms with Crippen LogP contribution in [-0.2, 0) is 23.7 Å². The molecule has 154 valence electrons. The lowest BCUT2D eigenvalue weighted by Crippen LogP contribution is -2.35. The third kappa shape index (κ3) is 3.70. The van der Waals surface area contributed by atoms with Crippen LogP contribution in [0.25, 0.3) is 0 Å². The topological polar surface area (TPSA) is 130 Å². The van der Waals surface area contributed by atoms with Gasteiger partial charge in [-0.25, -0.2) is 9.59 Å². The number of nitrogens with zero attached hydrogens (tertiary/aromatic N) is 2. The van der Waals surface area contributed by atoms with Gasteiger partial charge in [-0.2, -0.15) is 4.98 Å². The molecule has 28 heavy (non-hydrogen) atoms. The molecule has 1 aliphatic carbocycles. The van der Waals surface area contributed by atoms with Crippen molar-refractivity contribution in [3.8, 4) is 0 Å². The van der Waals surface area contributed by atoms with Gasteiger partial charge in [-0.15, -0.1) is 0 Å². The zero-order valence-electron chi connectivity index (χ0n) is 15.6. The van der Waals surface area contributed by atoms with Gasteiger partial charge in [-0.1, -0.05) is 0 Å². The summed E-state index contributed by atoms with van der Waals surface area (Å²) < 4.78 is 29.3. The number of anilines is 1. The average molecular weight is 397 g/mol. The summed E-state index contributed by atoms with van der Waals surface area (Å²) in [4.78, 5) is 27.8. The molecule has 2 aliphatic heterocycles. The molecule has 0 spiro atoms. The summed E-state index contributed by atoms with van der Waals surface area (Å²) in [6.45, 7) is 3.41. The molecule has 3 heterocycles. The predicted molar refractivity (Wildman–Crippen MR) is 91.7 cm³/mol. The van der Waals surface area contributed by atoms with Crippen LogP contribution in [0.5, 0.6) is 0 Å². The molecule has 0 aromatic carbocycles. The first kappa shape index (κ1) is 19.1. The van der Waals surface area contributed by atoms with Gasteiger partial charge in [0.2, 0.25) is 0 Å². The Morgan fingerprint density at radius 2 is 2.14 bits per heavy atom. The average Bonchev–Trinajstić information content (AvgIpc) is 3.09. The predicted octanol–water partition coefficient (Wildman–Crippen LogP) is 1.17. The summed E-state index contributed by atoms with van der Waals surface area (Å²) in [7, 11) is 0. The zero-order chi connectivity index (χ0) is 19.9. The van der Waals surface area contributed by atoms with E-state index in [1.54, 1.807) is 13.8 Å². The Labute approximate surface area is 160 Å². The van der Waals surface area contributed by atoms with Gasteiger partial charge >= 0.3 is 11.8 Å². The van der Waals surface area contributed by atoms with Crippen molar-refractivity contribution < 1.29 is 33.7 Å². The van der Waals surface area contributed by atoms with Crippen molar-refractivity contribution in [2.45, 2.75) is 69.5 Å². The molecule has 0 bridgehead atoms.